The van der Waals surface area contributed by atoms with Crippen molar-refractivity contribution in [2.24, 2.45) is 21.7 Å². The highest BCUT2D eigenvalue weighted by Crippen LogP contribution is 2.28. The first-order chi connectivity index (χ1) is 7.00. The second-order valence-corrected chi connectivity index (χ2v) is 3.41. The lowest BCUT2D eigenvalue weighted by Crippen LogP contribution is -2.21. The van der Waals surface area contributed by atoms with Crippen molar-refractivity contribution in [3.63, 3.8) is 0 Å². The van der Waals surface area contributed by atoms with Crippen LogP contribution in [0.25, 0.3) is 0 Å². The quantitative estimate of drug-likeness (QED) is 0.438. The summed E-state index contributed by atoms with van der Waals surface area (Å²) in [4.78, 5) is 0. The van der Waals surface area contributed by atoms with Crippen LogP contribution >= 0.6 is 35.6 Å². The van der Waals surface area contributed by atoms with Crippen molar-refractivity contribution in [3.8, 4) is 5.75 Å². The Balaban J connectivity index is 0.00000225. The fourth-order valence-corrected chi connectivity index (χ4v) is 1.42. The molecule has 8 heteroatoms. The fourth-order valence-electron chi connectivity index (χ4n) is 0.848. The maximum Gasteiger partial charge on any atom is 0.211 e. The van der Waals surface area contributed by atoms with Crippen molar-refractivity contribution in [1.29, 1.82) is 0 Å². The minimum atomic E-state index is -0.169. The Labute approximate surface area is 108 Å². The minimum Gasteiger partial charge on any atom is -0.508 e. The standard InChI is InChI=1S/C8H8Cl2N4O.ClH/c9-6-1-4(15)2-7(10)5(6)3-13-14-8(11)12;/h1-3,15H,(H4,11,12,14);1H/b13-3+;. The highest BCUT2D eigenvalue weighted by Gasteiger charge is 2.05. The Bertz CT molecular complexity index is 406. The van der Waals surface area contributed by atoms with Crippen molar-refractivity contribution in [2.45, 2.75) is 0 Å². The molecule has 5 nitrogen and oxygen atoms in total. The molecule has 16 heavy (non-hydrogen) atoms. The molecule has 88 valence electrons. The van der Waals surface area contributed by atoms with Gasteiger partial charge in [-0.05, 0) is 12.1 Å². The molecule has 5 N–H and O–H groups in total. The number of rotatable bonds is 2. The van der Waals surface area contributed by atoms with Gasteiger partial charge in [0.15, 0.2) is 0 Å². The van der Waals surface area contributed by atoms with Crippen LogP contribution in [0.1, 0.15) is 5.56 Å². The van der Waals surface area contributed by atoms with Gasteiger partial charge in [-0.25, -0.2) is 0 Å². The molecule has 0 aliphatic rings. The molecular formula is C8H9Cl3N4O. The van der Waals surface area contributed by atoms with Gasteiger partial charge in [0.05, 0.1) is 16.3 Å². The van der Waals surface area contributed by atoms with E-state index >= 15 is 0 Å². The first-order valence-electron chi connectivity index (χ1n) is 3.80. The van der Waals surface area contributed by atoms with E-state index in [0.717, 1.165) is 0 Å². The van der Waals surface area contributed by atoms with Crippen LogP contribution in [0.4, 0.5) is 0 Å². The van der Waals surface area contributed by atoms with Gasteiger partial charge in [-0.2, -0.15) is 5.10 Å². The maximum atomic E-state index is 9.15. The third-order valence-electron chi connectivity index (χ3n) is 1.42. The van der Waals surface area contributed by atoms with Crippen LogP contribution < -0.4 is 11.5 Å². The molecule has 0 aliphatic carbocycles. The molecule has 0 amide bonds. The summed E-state index contributed by atoms with van der Waals surface area (Å²) >= 11 is 11.6. The number of phenolic OH excluding ortho intramolecular Hbond substituents is 1. The number of benzene rings is 1. The predicted molar refractivity (Wildman–Crippen MR) is 68.8 cm³/mol. The van der Waals surface area contributed by atoms with E-state index in [9.17, 15) is 0 Å². The van der Waals surface area contributed by atoms with Gasteiger partial charge in [0.1, 0.15) is 5.75 Å². The number of nitrogens with two attached hydrogens (primary N) is 2. The van der Waals surface area contributed by atoms with Crippen molar-refractivity contribution in [2.75, 3.05) is 0 Å². The Kier molecular flexibility index (Phi) is 5.95. The summed E-state index contributed by atoms with van der Waals surface area (Å²) in [6, 6.07) is 2.68. The van der Waals surface area contributed by atoms with Crippen molar-refractivity contribution in [3.05, 3.63) is 27.7 Å². The molecule has 0 saturated carbocycles. The third kappa shape index (κ3) is 4.14. The van der Waals surface area contributed by atoms with Gasteiger partial charge in [0.2, 0.25) is 5.96 Å². The predicted octanol–water partition coefficient (Wildman–Crippen LogP) is 1.73. The molecule has 0 aliphatic heterocycles. The van der Waals surface area contributed by atoms with Crippen LogP contribution in [0.3, 0.4) is 0 Å². The minimum absolute atomic E-state index is 0. The van der Waals surface area contributed by atoms with Gasteiger partial charge in [-0.15, -0.1) is 17.5 Å². The average Bonchev–Trinajstić information content (AvgIpc) is 2.08. The zero-order chi connectivity index (χ0) is 11.4. The van der Waals surface area contributed by atoms with E-state index in [0.29, 0.717) is 5.56 Å². The topological polar surface area (TPSA) is 97.0 Å². The smallest absolute Gasteiger partial charge is 0.211 e. The van der Waals surface area contributed by atoms with E-state index in [1.54, 1.807) is 0 Å². The zero-order valence-corrected chi connectivity index (χ0v) is 10.2. The van der Waals surface area contributed by atoms with Gasteiger partial charge in [-0.1, -0.05) is 23.2 Å². The molecule has 0 heterocycles. The molecule has 0 spiro atoms. The van der Waals surface area contributed by atoms with Crippen molar-refractivity contribution in [1.82, 2.24) is 0 Å². The van der Waals surface area contributed by atoms with E-state index < -0.39 is 0 Å². The van der Waals surface area contributed by atoms with Gasteiger partial charge < -0.3 is 16.6 Å². The van der Waals surface area contributed by atoms with Gasteiger partial charge in [-0.3, -0.25) is 0 Å². The monoisotopic (exact) mass is 282 g/mol. The second-order valence-electron chi connectivity index (χ2n) is 2.59. The van der Waals surface area contributed by atoms with E-state index in [1.165, 1.54) is 18.3 Å². The lowest BCUT2D eigenvalue weighted by molar-refractivity contribution is 0.475. The SMILES string of the molecule is Cl.NC(N)=N/N=C/c1c(Cl)cc(O)cc1Cl. The van der Waals surface area contributed by atoms with E-state index in [1.807, 2.05) is 0 Å². The average molecular weight is 284 g/mol. The van der Waals surface area contributed by atoms with Crippen LogP contribution in [0.5, 0.6) is 5.75 Å². The number of nitrogens with zero attached hydrogens (tertiary/aromatic N) is 2. The zero-order valence-electron chi connectivity index (χ0n) is 7.89. The molecule has 0 atom stereocenters. The van der Waals surface area contributed by atoms with Gasteiger partial charge >= 0.3 is 0 Å². The molecule has 1 aromatic carbocycles. The highest BCUT2D eigenvalue weighted by atomic mass is 35.5. The number of halogens is 3. The normalized spacial score (nSPS) is 9.88. The van der Waals surface area contributed by atoms with Crippen LogP contribution in [0, 0.1) is 0 Å². The molecule has 0 aromatic heterocycles. The number of guanidine groups is 1. The number of phenols is 1. The van der Waals surface area contributed by atoms with Crippen LogP contribution in [0.2, 0.25) is 10.0 Å². The number of hydrogen-bond donors (Lipinski definition) is 3. The van der Waals surface area contributed by atoms with E-state index in [2.05, 4.69) is 10.2 Å². The lowest BCUT2D eigenvalue weighted by Gasteiger charge is -2.01. The fraction of sp³-hybridized carbons (Fsp3) is 0. The Morgan fingerprint density at radius 2 is 1.75 bits per heavy atom. The van der Waals surface area contributed by atoms with E-state index in [4.69, 9.17) is 39.8 Å². The van der Waals surface area contributed by atoms with E-state index in [-0.39, 0.29) is 34.2 Å². The van der Waals surface area contributed by atoms with Crippen molar-refractivity contribution >= 4 is 47.8 Å². The number of hydrogen-bond acceptors (Lipinski definition) is 3. The molecule has 0 bridgehead atoms. The highest BCUT2D eigenvalue weighted by molar-refractivity contribution is 6.38. The van der Waals surface area contributed by atoms with Crippen LogP contribution in [-0.4, -0.2) is 17.3 Å². The van der Waals surface area contributed by atoms with Gasteiger partial charge in [0.25, 0.3) is 0 Å². The molecule has 1 rings (SSSR count). The molecule has 1 aromatic rings. The summed E-state index contributed by atoms with van der Waals surface area (Å²) in [6.07, 6.45) is 1.30. The molecular weight excluding hydrogens is 274 g/mol. The molecule has 0 unspecified atom stereocenters. The first kappa shape index (κ1) is 14.8. The summed E-state index contributed by atoms with van der Waals surface area (Å²) in [6.45, 7) is 0. The lowest BCUT2D eigenvalue weighted by atomic mass is 10.2. The second kappa shape index (κ2) is 6.42. The summed E-state index contributed by atoms with van der Waals surface area (Å²) in [5.41, 5.74) is 10.6. The summed E-state index contributed by atoms with van der Waals surface area (Å²) in [7, 11) is 0. The van der Waals surface area contributed by atoms with Crippen molar-refractivity contribution < 1.29 is 5.11 Å². The van der Waals surface area contributed by atoms with Crippen LogP contribution in [-0.2, 0) is 0 Å². The molecule has 0 saturated heterocycles. The Morgan fingerprint density at radius 1 is 1.25 bits per heavy atom. The molecule has 0 fully saturated rings. The number of aromatic hydroxyl groups is 1. The first-order valence-corrected chi connectivity index (χ1v) is 4.56. The third-order valence-corrected chi connectivity index (χ3v) is 2.05. The maximum absolute atomic E-state index is 9.15. The molecule has 0 radical (unpaired) electrons. The summed E-state index contributed by atoms with van der Waals surface area (Å²) in [5, 5.41) is 16.6. The summed E-state index contributed by atoms with van der Waals surface area (Å²) < 4.78 is 0. The van der Waals surface area contributed by atoms with Gasteiger partial charge in [0, 0.05) is 5.56 Å². The largest absolute Gasteiger partial charge is 0.508 e. The summed E-state index contributed by atoms with van der Waals surface area (Å²) in [5.74, 6) is -0.193. The van der Waals surface area contributed by atoms with Crippen LogP contribution in [0.15, 0.2) is 22.3 Å². The Morgan fingerprint density at radius 3 is 2.19 bits per heavy atom. The Hall–Kier alpha value is -1.17.